The number of aliphatic hydroxyl groups excluding tert-OH is 1. The van der Waals surface area contributed by atoms with Crippen LogP contribution in [0.15, 0.2) is 54.1 Å². The van der Waals surface area contributed by atoms with Crippen molar-refractivity contribution >= 4 is 17.5 Å². The molecule has 2 unspecified atom stereocenters. The van der Waals surface area contributed by atoms with Crippen LogP contribution in [0.4, 0.5) is 4.39 Å². The van der Waals surface area contributed by atoms with E-state index in [2.05, 4.69) is 0 Å². The molecule has 1 aromatic carbocycles. The molecule has 4 aliphatic rings. The molecule has 6 nitrogen and oxygen atoms in total. The first-order chi connectivity index (χ1) is 16.9. The Morgan fingerprint density at radius 1 is 1.17 bits per heavy atom. The fourth-order valence-electron chi connectivity index (χ4n) is 8.04. The maximum absolute atomic E-state index is 17.2. The number of ketones is 2. The summed E-state index contributed by atoms with van der Waals surface area (Å²) in [6.07, 6.45) is 4.20. The number of fused-ring (bicyclic) bond motifs is 5. The van der Waals surface area contributed by atoms with Crippen molar-refractivity contribution in [3.05, 3.63) is 59.7 Å². The van der Waals surface area contributed by atoms with Gasteiger partial charge in [0, 0.05) is 16.7 Å². The highest BCUT2D eigenvalue weighted by Gasteiger charge is 2.75. The highest BCUT2D eigenvalue weighted by atomic mass is 19.1. The zero-order chi connectivity index (χ0) is 26.1. The summed E-state index contributed by atoms with van der Waals surface area (Å²) < 4.78 is 22.5. The van der Waals surface area contributed by atoms with Gasteiger partial charge in [0.15, 0.2) is 18.1 Å². The van der Waals surface area contributed by atoms with Crippen molar-refractivity contribution in [2.24, 2.45) is 28.6 Å². The van der Waals surface area contributed by atoms with E-state index < -0.39 is 58.4 Å². The van der Waals surface area contributed by atoms with E-state index in [1.807, 2.05) is 0 Å². The first kappa shape index (κ1) is 25.0. The number of carbonyl (C=O) groups is 3. The molecule has 0 amide bonds. The largest absolute Gasteiger partial charge is 0.454 e. The van der Waals surface area contributed by atoms with E-state index in [-0.39, 0.29) is 18.1 Å². The minimum atomic E-state index is -2.04. The lowest BCUT2D eigenvalue weighted by Crippen LogP contribution is -2.69. The third kappa shape index (κ3) is 3.11. The van der Waals surface area contributed by atoms with E-state index in [9.17, 15) is 24.6 Å². The number of ether oxygens (including phenoxy) is 1. The molecule has 192 valence electrons. The van der Waals surface area contributed by atoms with Gasteiger partial charge in [-0.05, 0) is 68.7 Å². The molecular weight excluding hydrogens is 463 g/mol. The summed E-state index contributed by atoms with van der Waals surface area (Å²) in [6.45, 7) is 4.66. The van der Waals surface area contributed by atoms with Gasteiger partial charge >= 0.3 is 5.97 Å². The summed E-state index contributed by atoms with van der Waals surface area (Å²) in [5.74, 6) is -2.97. The lowest BCUT2D eigenvalue weighted by atomic mass is 9.44. The van der Waals surface area contributed by atoms with Gasteiger partial charge < -0.3 is 14.9 Å². The van der Waals surface area contributed by atoms with Crippen molar-refractivity contribution in [3.8, 4) is 0 Å². The second kappa shape index (κ2) is 8.18. The van der Waals surface area contributed by atoms with E-state index in [4.69, 9.17) is 4.74 Å². The maximum atomic E-state index is 17.2. The summed E-state index contributed by atoms with van der Waals surface area (Å²) >= 11 is 0. The molecule has 0 radical (unpaired) electrons. The van der Waals surface area contributed by atoms with Gasteiger partial charge in [-0.25, -0.2) is 9.18 Å². The van der Waals surface area contributed by atoms with Crippen LogP contribution in [0.3, 0.4) is 0 Å². The van der Waals surface area contributed by atoms with Gasteiger partial charge in [0.2, 0.25) is 5.78 Å². The molecule has 3 saturated carbocycles. The van der Waals surface area contributed by atoms with Crippen LogP contribution in [0.5, 0.6) is 0 Å². The number of esters is 1. The van der Waals surface area contributed by atoms with E-state index in [1.165, 1.54) is 12.2 Å². The molecule has 2 N–H and O–H groups in total. The Morgan fingerprint density at radius 3 is 2.56 bits per heavy atom. The molecule has 0 spiro atoms. The second-order valence-corrected chi connectivity index (χ2v) is 11.5. The fraction of sp³-hybridized carbons (Fsp3) is 0.552. The Kier molecular flexibility index (Phi) is 5.69. The van der Waals surface area contributed by atoms with Crippen LogP contribution < -0.4 is 0 Å². The molecule has 0 aliphatic heterocycles. The summed E-state index contributed by atoms with van der Waals surface area (Å²) in [5.41, 5.74) is -5.17. The smallest absolute Gasteiger partial charge is 0.338 e. The monoisotopic (exact) mass is 496 g/mol. The lowest BCUT2D eigenvalue weighted by Gasteiger charge is -2.62. The standard InChI is InChI=1S/C29H33FO6/c1-17-13-22-21-10-9-19-14-20(31)11-12-26(19,2)28(21,30)23(32)15-27(22,3)29(17,35)24(33)16-36-25(34)18-7-5-4-6-8-18/h4-8,11-12,14,17,21-23,32,35H,9-10,13,15-16H2,1-3H3/t17?,21-,22-,23?,26-,27-,28-,29-/m0/s1. The van der Waals surface area contributed by atoms with E-state index in [0.29, 0.717) is 30.4 Å². The molecule has 1 aromatic rings. The van der Waals surface area contributed by atoms with Crippen LogP contribution in [0.1, 0.15) is 56.8 Å². The quantitative estimate of drug-likeness (QED) is 0.616. The highest BCUT2D eigenvalue weighted by molar-refractivity contribution is 6.01. The van der Waals surface area contributed by atoms with Crippen LogP contribution in [0, 0.1) is 28.6 Å². The Hall–Kier alpha value is -2.64. The van der Waals surface area contributed by atoms with Crippen molar-refractivity contribution in [2.75, 3.05) is 6.61 Å². The first-order valence-corrected chi connectivity index (χ1v) is 12.7. The first-order valence-electron chi connectivity index (χ1n) is 12.7. The fourth-order valence-corrected chi connectivity index (χ4v) is 8.04. The molecule has 0 aromatic heterocycles. The topological polar surface area (TPSA) is 101 Å². The predicted molar refractivity (Wildman–Crippen MR) is 130 cm³/mol. The number of Topliss-reactive ketones (excluding diaryl/α,β-unsaturated/α-hetero) is 1. The van der Waals surface area contributed by atoms with Crippen molar-refractivity contribution in [3.63, 3.8) is 0 Å². The summed E-state index contributed by atoms with van der Waals surface area (Å²) in [6, 6.07) is 8.29. The summed E-state index contributed by atoms with van der Waals surface area (Å²) in [7, 11) is 0. The van der Waals surface area contributed by atoms with Crippen molar-refractivity contribution in [1.82, 2.24) is 0 Å². The molecule has 36 heavy (non-hydrogen) atoms. The van der Waals surface area contributed by atoms with Crippen molar-refractivity contribution in [2.45, 2.75) is 63.8 Å². The molecule has 5 rings (SSSR count). The van der Waals surface area contributed by atoms with Crippen molar-refractivity contribution in [1.29, 1.82) is 0 Å². The van der Waals surface area contributed by atoms with Crippen LogP contribution in [-0.2, 0) is 14.3 Å². The zero-order valence-electron chi connectivity index (χ0n) is 20.9. The number of benzene rings is 1. The molecule has 7 heteroatoms. The number of hydrogen-bond donors (Lipinski definition) is 2. The summed E-state index contributed by atoms with van der Waals surface area (Å²) in [4.78, 5) is 37.9. The molecule has 0 saturated heterocycles. The molecular formula is C29H33FO6. The second-order valence-electron chi connectivity index (χ2n) is 11.5. The Bertz CT molecular complexity index is 1180. The minimum absolute atomic E-state index is 0.117. The molecule has 3 fully saturated rings. The number of alkyl halides is 1. The third-order valence-electron chi connectivity index (χ3n) is 9.99. The number of carbonyl (C=O) groups excluding carboxylic acids is 3. The third-order valence-corrected chi connectivity index (χ3v) is 9.99. The Balaban J connectivity index is 1.44. The van der Waals surface area contributed by atoms with Crippen LogP contribution in [-0.4, -0.2) is 51.7 Å². The Labute approximate surface area is 210 Å². The molecule has 8 atom stereocenters. The van der Waals surface area contributed by atoms with Gasteiger partial charge in [0.25, 0.3) is 0 Å². The number of halogens is 1. The normalized spacial score (nSPS) is 43.2. The predicted octanol–water partition coefficient (Wildman–Crippen LogP) is 3.76. The number of allylic oxidation sites excluding steroid dienone is 4. The molecule has 4 aliphatic carbocycles. The molecule has 0 heterocycles. The Morgan fingerprint density at radius 2 is 1.86 bits per heavy atom. The average molecular weight is 497 g/mol. The van der Waals surface area contributed by atoms with E-state index in [1.54, 1.807) is 57.2 Å². The van der Waals surface area contributed by atoms with Crippen molar-refractivity contribution < 1.29 is 33.7 Å². The van der Waals surface area contributed by atoms with Gasteiger partial charge in [-0.2, -0.15) is 0 Å². The van der Waals surface area contributed by atoms with Gasteiger partial charge in [-0.15, -0.1) is 0 Å². The van der Waals surface area contributed by atoms with Crippen LogP contribution >= 0.6 is 0 Å². The molecule has 0 bridgehead atoms. The van der Waals surface area contributed by atoms with Gasteiger partial charge in [0.1, 0.15) is 5.60 Å². The maximum Gasteiger partial charge on any atom is 0.338 e. The SMILES string of the molecule is CC1C[C@H]2[C@@H]3CCC4=CC(=O)C=C[C@]4(C)[C@@]3(F)C(O)C[C@]2(C)[C@@]1(O)C(=O)COC(=O)c1ccccc1. The number of hydrogen-bond acceptors (Lipinski definition) is 6. The highest BCUT2D eigenvalue weighted by Crippen LogP contribution is 2.70. The lowest BCUT2D eigenvalue weighted by molar-refractivity contribution is -0.219. The number of aliphatic hydroxyl groups is 2. The van der Waals surface area contributed by atoms with E-state index in [0.717, 1.165) is 0 Å². The number of rotatable bonds is 4. The van der Waals surface area contributed by atoms with Gasteiger partial charge in [-0.1, -0.05) is 43.7 Å². The summed E-state index contributed by atoms with van der Waals surface area (Å²) in [5, 5.41) is 23.3. The minimum Gasteiger partial charge on any atom is -0.454 e. The van der Waals surface area contributed by atoms with Gasteiger partial charge in [-0.3, -0.25) is 9.59 Å². The zero-order valence-corrected chi connectivity index (χ0v) is 20.9. The average Bonchev–Trinajstić information content (AvgIpc) is 3.05. The van der Waals surface area contributed by atoms with Crippen LogP contribution in [0.2, 0.25) is 0 Å². The van der Waals surface area contributed by atoms with E-state index >= 15 is 4.39 Å². The van der Waals surface area contributed by atoms with Crippen LogP contribution in [0.25, 0.3) is 0 Å². The van der Waals surface area contributed by atoms with Gasteiger partial charge in [0.05, 0.1) is 11.7 Å².